The summed E-state index contributed by atoms with van der Waals surface area (Å²) in [6.07, 6.45) is 0.215. The third-order valence-corrected chi connectivity index (χ3v) is 3.62. The van der Waals surface area contributed by atoms with Crippen molar-refractivity contribution in [2.45, 2.75) is 46.3 Å². The smallest absolute Gasteiger partial charge is 0.237 e. The van der Waals surface area contributed by atoms with Gasteiger partial charge in [-0.15, -0.1) is 0 Å². The number of nitrogens with zero attached hydrogens (tertiary/aromatic N) is 1. The Hall–Kier alpha value is -1.08. The van der Waals surface area contributed by atoms with Gasteiger partial charge >= 0.3 is 0 Å². The van der Waals surface area contributed by atoms with E-state index in [-0.39, 0.29) is 29.4 Å². The first-order chi connectivity index (χ1) is 7.30. The molecule has 0 bridgehead atoms. The fourth-order valence-corrected chi connectivity index (χ4v) is 1.92. The van der Waals surface area contributed by atoms with Gasteiger partial charge in [0, 0.05) is 11.5 Å². The van der Waals surface area contributed by atoms with E-state index in [2.05, 4.69) is 5.32 Å². The van der Waals surface area contributed by atoms with Gasteiger partial charge in [-0.2, -0.15) is 5.26 Å². The lowest BCUT2D eigenvalue weighted by molar-refractivity contribution is -0.132. The first-order valence-electron chi connectivity index (χ1n) is 5.68. The zero-order valence-corrected chi connectivity index (χ0v) is 10.3. The summed E-state index contributed by atoms with van der Waals surface area (Å²) in [5.74, 6) is -0.811. The lowest BCUT2D eigenvalue weighted by Gasteiger charge is -2.49. The van der Waals surface area contributed by atoms with Gasteiger partial charge in [0.25, 0.3) is 0 Å². The lowest BCUT2D eigenvalue weighted by atomic mass is 9.64. The number of aliphatic hydroxyl groups excluding tert-OH is 1. The lowest BCUT2D eigenvalue weighted by Crippen LogP contribution is -2.62. The Balaban J connectivity index is 2.57. The van der Waals surface area contributed by atoms with Crippen molar-refractivity contribution in [2.24, 2.45) is 17.3 Å². The highest BCUT2D eigenvalue weighted by atomic mass is 16.3. The molecule has 0 aliphatic heterocycles. The van der Waals surface area contributed by atoms with Crippen LogP contribution in [0, 0.1) is 28.6 Å². The van der Waals surface area contributed by atoms with Crippen LogP contribution >= 0.6 is 0 Å². The van der Waals surface area contributed by atoms with Crippen molar-refractivity contribution < 1.29 is 9.90 Å². The van der Waals surface area contributed by atoms with Crippen molar-refractivity contribution >= 4 is 5.91 Å². The summed E-state index contributed by atoms with van der Waals surface area (Å²) in [4.78, 5) is 11.8. The molecule has 1 fully saturated rings. The monoisotopic (exact) mass is 224 g/mol. The molecule has 0 saturated heterocycles. The summed E-state index contributed by atoms with van der Waals surface area (Å²) in [6, 6.07) is 2.00. The Morgan fingerprint density at radius 2 is 2.12 bits per heavy atom. The molecule has 1 saturated carbocycles. The van der Waals surface area contributed by atoms with Crippen molar-refractivity contribution in [1.29, 1.82) is 5.26 Å². The van der Waals surface area contributed by atoms with Gasteiger partial charge in [0.05, 0.1) is 12.2 Å². The predicted molar refractivity (Wildman–Crippen MR) is 60.3 cm³/mol. The van der Waals surface area contributed by atoms with Gasteiger partial charge in [-0.3, -0.25) is 4.79 Å². The topological polar surface area (TPSA) is 73.1 Å². The summed E-state index contributed by atoms with van der Waals surface area (Å²) in [7, 11) is 0. The van der Waals surface area contributed by atoms with E-state index in [1.165, 1.54) is 0 Å². The summed E-state index contributed by atoms with van der Waals surface area (Å²) in [5.41, 5.74) is -0.285. The minimum atomic E-state index is -0.603. The Morgan fingerprint density at radius 3 is 2.44 bits per heavy atom. The van der Waals surface area contributed by atoms with Crippen LogP contribution in [0.5, 0.6) is 0 Å². The molecular formula is C12H20N2O2. The zero-order valence-electron chi connectivity index (χ0n) is 10.3. The van der Waals surface area contributed by atoms with Gasteiger partial charge in [0.15, 0.2) is 0 Å². The third kappa shape index (κ3) is 2.19. The molecule has 1 amide bonds. The number of nitrogens with one attached hydrogen (secondary N) is 1. The van der Waals surface area contributed by atoms with E-state index < -0.39 is 5.92 Å². The SMILES string of the molecule is CC(C)C(C#N)C(=O)NC1CC(O)C1(C)C. The van der Waals surface area contributed by atoms with Crippen molar-refractivity contribution in [2.75, 3.05) is 0 Å². The number of amides is 1. The van der Waals surface area contributed by atoms with Gasteiger partial charge in [-0.1, -0.05) is 27.7 Å². The minimum Gasteiger partial charge on any atom is -0.392 e. The second-order valence-electron chi connectivity index (χ2n) is 5.48. The zero-order chi connectivity index (χ0) is 12.5. The van der Waals surface area contributed by atoms with E-state index >= 15 is 0 Å². The van der Waals surface area contributed by atoms with Crippen LogP contribution in [0.15, 0.2) is 0 Å². The highest BCUT2D eigenvalue weighted by Crippen LogP contribution is 2.40. The van der Waals surface area contributed by atoms with Crippen molar-refractivity contribution in [3.8, 4) is 6.07 Å². The molecule has 3 atom stereocenters. The fourth-order valence-electron chi connectivity index (χ4n) is 1.92. The molecule has 1 aliphatic rings. The van der Waals surface area contributed by atoms with E-state index in [0.717, 1.165) is 0 Å². The molecule has 90 valence electrons. The first kappa shape index (κ1) is 13.0. The number of rotatable bonds is 3. The minimum absolute atomic E-state index is 0.0121. The van der Waals surface area contributed by atoms with Gasteiger partial charge in [-0.05, 0) is 12.3 Å². The van der Waals surface area contributed by atoms with Crippen LogP contribution < -0.4 is 5.32 Å². The van der Waals surface area contributed by atoms with Crippen LogP contribution in [0.3, 0.4) is 0 Å². The fraction of sp³-hybridized carbons (Fsp3) is 0.833. The van der Waals surface area contributed by atoms with Crippen LogP contribution in [0.25, 0.3) is 0 Å². The van der Waals surface area contributed by atoms with Gasteiger partial charge in [-0.25, -0.2) is 0 Å². The Morgan fingerprint density at radius 1 is 1.56 bits per heavy atom. The second kappa shape index (κ2) is 4.42. The van der Waals surface area contributed by atoms with E-state index in [1.807, 2.05) is 33.8 Å². The van der Waals surface area contributed by atoms with Crippen molar-refractivity contribution in [3.63, 3.8) is 0 Å². The van der Waals surface area contributed by atoms with Gasteiger partial charge in [0.1, 0.15) is 5.92 Å². The third-order valence-electron chi connectivity index (χ3n) is 3.62. The molecule has 3 unspecified atom stereocenters. The molecule has 0 radical (unpaired) electrons. The van der Waals surface area contributed by atoms with Crippen LogP contribution in [-0.4, -0.2) is 23.2 Å². The molecule has 0 aromatic carbocycles. The average molecular weight is 224 g/mol. The van der Waals surface area contributed by atoms with Crippen LogP contribution in [0.2, 0.25) is 0 Å². The summed E-state index contributed by atoms with van der Waals surface area (Å²) in [6.45, 7) is 7.55. The standard InChI is InChI=1S/C12H20N2O2/c1-7(2)8(6-13)11(16)14-9-5-10(15)12(9,3)4/h7-10,15H,5H2,1-4H3,(H,14,16). The summed E-state index contributed by atoms with van der Waals surface area (Å²) < 4.78 is 0. The summed E-state index contributed by atoms with van der Waals surface area (Å²) >= 11 is 0. The summed E-state index contributed by atoms with van der Waals surface area (Å²) in [5, 5.41) is 21.3. The van der Waals surface area contributed by atoms with Crippen molar-refractivity contribution in [3.05, 3.63) is 0 Å². The van der Waals surface area contributed by atoms with Gasteiger partial charge < -0.3 is 10.4 Å². The normalized spacial score (nSPS) is 29.1. The molecular weight excluding hydrogens is 204 g/mol. The molecule has 2 N–H and O–H groups in total. The molecule has 1 aliphatic carbocycles. The van der Waals surface area contributed by atoms with E-state index in [1.54, 1.807) is 0 Å². The number of nitriles is 1. The Kier molecular flexibility index (Phi) is 3.59. The Bertz CT molecular complexity index is 317. The maximum atomic E-state index is 11.8. The van der Waals surface area contributed by atoms with Crippen molar-refractivity contribution in [1.82, 2.24) is 5.32 Å². The molecule has 1 rings (SSSR count). The van der Waals surface area contributed by atoms with E-state index in [4.69, 9.17) is 5.26 Å². The Labute approximate surface area is 96.6 Å². The molecule has 0 heterocycles. The molecule has 16 heavy (non-hydrogen) atoms. The highest BCUT2D eigenvalue weighted by molar-refractivity contribution is 5.81. The largest absolute Gasteiger partial charge is 0.392 e. The second-order valence-corrected chi connectivity index (χ2v) is 5.48. The number of hydrogen-bond donors (Lipinski definition) is 2. The average Bonchev–Trinajstić information content (AvgIpc) is 2.17. The highest BCUT2D eigenvalue weighted by Gasteiger charge is 2.48. The molecule has 0 aromatic rings. The molecule has 0 aromatic heterocycles. The van der Waals surface area contributed by atoms with Crippen LogP contribution in [0.1, 0.15) is 34.1 Å². The number of hydrogen-bond acceptors (Lipinski definition) is 3. The number of aliphatic hydroxyl groups is 1. The maximum Gasteiger partial charge on any atom is 0.237 e. The quantitative estimate of drug-likeness (QED) is 0.752. The van der Waals surface area contributed by atoms with Gasteiger partial charge in [0.2, 0.25) is 5.91 Å². The predicted octanol–water partition coefficient (Wildman–Crippen LogP) is 1.06. The van der Waals surface area contributed by atoms with E-state index in [9.17, 15) is 9.90 Å². The maximum absolute atomic E-state index is 11.8. The first-order valence-corrected chi connectivity index (χ1v) is 5.68. The van der Waals surface area contributed by atoms with E-state index in [0.29, 0.717) is 6.42 Å². The van der Waals surface area contributed by atoms with Crippen LogP contribution in [0.4, 0.5) is 0 Å². The number of carbonyl (C=O) groups excluding carboxylic acids is 1. The van der Waals surface area contributed by atoms with Crippen LogP contribution in [-0.2, 0) is 4.79 Å². The molecule has 4 heteroatoms. The molecule has 0 spiro atoms. The molecule has 4 nitrogen and oxygen atoms in total. The number of carbonyl (C=O) groups is 1.